The molecule has 2 aliphatic heterocycles. The number of hydrogen-bond donors (Lipinski definition) is 1. The van der Waals surface area contributed by atoms with E-state index in [9.17, 15) is 5.11 Å². The van der Waals surface area contributed by atoms with Crippen molar-refractivity contribution in [1.29, 1.82) is 5.26 Å². The van der Waals surface area contributed by atoms with Gasteiger partial charge in [0, 0.05) is 19.3 Å². The van der Waals surface area contributed by atoms with Gasteiger partial charge in [-0.15, -0.1) is 0 Å². The van der Waals surface area contributed by atoms with Crippen LogP contribution in [0.25, 0.3) is 0 Å². The van der Waals surface area contributed by atoms with E-state index in [1.165, 1.54) is 19.3 Å². The highest BCUT2D eigenvalue weighted by Crippen LogP contribution is 2.26. The highest BCUT2D eigenvalue weighted by atomic mass is 16.3. The summed E-state index contributed by atoms with van der Waals surface area (Å²) < 4.78 is 0. The van der Waals surface area contributed by atoms with Gasteiger partial charge in [-0.1, -0.05) is 6.42 Å². The van der Waals surface area contributed by atoms with E-state index in [0.717, 1.165) is 19.6 Å². The molecule has 0 aliphatic carbocycles. The van der Waals surface area contributed by atoms with Gasteiger partial charge in [-0.3, -0.25) is 4.90 Å². The van der Waals surface area contributed by atoms with Gasteiger partial charge in [0.05, 0.1) is 17.7 Å². The van der Waals surface area contributed by atoms with E-state index in [4.69, 9.17) is 5.26 Å². The van der Waals surface area contributed by atoms with Crippen molar-refractivity contribution in [2.24, 2.45) is 0 Å². The molecular formula is C15H20N4O. The number of rotatable bonds is 2. The molecule has 2 aliphatic rings. The van der Waals surface area contributed by atoms with Gasteiger partial charge >= 0.3 is 0 Å². The second kappa shape index (κ2) is 5.78. The minimum Gasteiger partial charge on any atom is -0.390 e. The maximum atomic E-state index is 10.3. The van der Waals surface area contributed by atoms with Gasteiger partial charge in [-0.2, -0.15) is 5.26 Å². The molecule has 5 heteroatoms. The van der Waals surface area contributed by atoms with Crippen LogP contribution in [-0.2, 0) is 0 Å². The molecule has 0 amide bonds. The first-order valence-corrected chi connectivity index (χ1v) is 7.32. The van der Waals surface area contributed by atoms with Crippen LogP contribution in [-0.4, -0.2) is 53.3 Å². The number of likely N-dealkylation sites (tertiary alicyclic amines) is 1. The molecule has 0 unspecified atom stereocenters. The van der Waals surface area contributed by atoms with E-state index in [2.05, 4.69) is 16.0 Å². The number of aromatic nitrogens is 1. The van der Waals surface area contributed by atoms with E-state index in [0.29, 0.717) is 17.9 Å². The number of piperidine rings is 1. The van der Waals surface area contributed by atoms with Crippen LogP contribution in [0.4, 0.5) is 5.82 Å². The van der Waals surface area contributed by atoms with Crippen LogP contribution >= 0.6 is 0 Å². The SMILES string of the molecule is N#Cc1cccnc1N1C[C@H](O)[C@@H](N2CCCCC2)C1. The normalized spacial score (nSPS) is 27.5. The fourth-order valence-electron chi connectivity index (χ4n) is 3.29. The Balaban J connectivity index is 1.76. The number of aliphatic hydroxyl groups excluding tert-OH is 1. The molecular weight excluding hydrogens is 252 g/mol. The van der Waals surface area contributed by atoms with Crippen molar-refractivity contribution in [3.8, 4) is 6.07 Å². The minimum atomic E-state index is -0.360. The number of aliphatic hydroxyl groups is 1. The highest BCUT2D eigenvalue weighted by Gasteiger charge is 2.37. The Morgan fingerprint density at radius 1 is 1.25 bits per heavy atom. The third kappa shape index (κ3) is 2.49. The Kier molecular flexibility index (Phi) is 3.86. The number of nitrogens with zero attached hydrogens (tertiary/aromatic N) is 4. The molecule has 2 atom stereocenters. The van der Waals surface area contributed by atoms with Gasteiger partial charge in [0.2, 0.25) is 0 Å². The molecule has 5 nitrogen and oxygen atoms in total. The van der Waals surface area contributed by atoms with Gasteiger partial charge in [0.25, 0.3) is 0 Å². The molecule has 3 rings (SSSR count). The molecule has 106 valence electrons. The third-order valence-electron chi connectivity index (χ3n) is 4.33. The zero-order valence-corrected chi connectivity index (χ0v) is 11.6. The molecule has 2 saturated heterocycles. The molecule has 2 fully saturated rings. The molecule has 20 heavy (non-hydrogen) atoms. The van der Waals surface area contributed by atoms with Crippen molar-refractivity contribution in [3.63, 3.8) is 0 Å². The highest BCUT2D eigenvalue weighted by molar-refractivity contribution is 5.54. The first kappa shape index (κ1) is 13.3. The van der Waals surface area contributed by atoms with Gasteiger partial charge in [-0.05, 0) is 38.1 Å². The summed E-state index contributed by atoms with van der Waals surface area (Å²) in [4.78, 5) is 8.76. The predicted molar refractivity (Wildman–Crippen MR) is 76.4 cm³/mol. The Bertz CT molecular complexity index is 507. The van der Waals surface area contributed by atoms with E-state index in [1.807, 2.05) is 4.90 Å². The Labute approximate surface area is 119 Å². The molecule has 1 aromatic rings. The van der Waals surface area contributed by atoms with Crippen molar-refractivity contribution in [2.75, 3.05) is 31.1 Å². The second-order valence-corrected chi connectivity index (χ2v) is 5.62. The maximum absolute atomic E-state index is 10.3. The maximum Gasteiger partial charge on any atom is 0.146 e. The Hall–Kier alpha value is -1.64. The molecule has 0 aromatic carbocycles. The molecule has 0 radical (unpaired) electrons. The van der Waals surface area contributed by atoms with Crippen molar-refractivity contribution in [3.05, 3.63) is 23.9 Å². The number of hydrogen-bond acceptors (Lipinski definition) is 5. The van der Waals surface area contributed by atoms with Crippen LogP contribution in [0.5, 0.6) is 0 Å². The van der Waals surface area contributed by atoms with E-state index >= 15 is 0 Å². The average molecular weight is 272 g/mol. The Morgan fingerprint density at radius 3 is 2.80 bits per heavy atom. The summed E-state index contributed by atoms with van der Waals surface area (Å²) >= 11 is 0. The smallest absolute Gasteiger partial charge is 0.146 e. The number of pyridine rings is 1. The average Bonchev–Trinajstić information content (AvgIpc) is 2.90. The van der Waals surface area contributed by atoms with Gasteiger partial charge in [-0.25, -0.2) is 4.98 Å². The van der Waals surface area contributed by atoms with E-state index in [1.54, 1.807) is 18.3 Å². The van der Waals surface area contributed by atoms with Crippen molar-refractivity contribution < 1.29 is 5.11 Å². The summed E-state index contributed by atoms with van der Waals surface area (Å²) in [5.74, 6) is 0.702. The molecule has 0 saturated carbocycles. The third-order valence-corrected chi connectivity index (χ3v) is 4.33. The van der Waals surface area contributed by atoms with Crippen LogP contribution < -0.4 is 4.90 Å². The lowest BCUT2D eigenvalue weighted by Crippen LogP contribution is -2.45. The van der Waals surface area contributed by atoms with Crippen LogP contribution in [0, 0.1) is 11.3 Å². The zero-order chi connectivity index (χ0) is 13.9. The van der Waals surface area contributed by atoms with Gasteiger partial charge < -0.3 is 10.0 Å². The number of anilines is 1. The summed E-state index contributed by atoms with van der Waals surface area (Å²) in [6, 6.07) is 5.91. The standard InChI is InChI=1S/C15H20N4O/c16-9-12-5-4-6-17-15(12)19-10-13(14(20)11-19)18-7-2-1-3-8-18/h4-6,13-14,20H,1-3,7-8,10-11H2/t13-,14-/m0/s1. The molecule has 1 aromatic heterocycles. The summed E-state index contributed by atoms with van der Waals surface area (Å²) in [7, 11) is 0. The van der Waals surface area contributed by atoms with Crippen molar-refractivity contribution >= 4 is 5.82 Å². The van der Waals surface area contributed by atoms with Crippen LogP contribution in [0.3, 0.4) is 0 Å². The summed E-state index contributed by atoms with van der Waals surface area (Å²) in [5, 5.41) is 19.5. The predicted octanol–water partition coefficient (Wildman–Crippen LogP) is 0.989. The number of nitriles is 1. The van der Waals surface area contributed by atoms with Crippen LogP contribution in [0.15, 0.2) is 18.3 Å². The molecule has 0 spiro atoms. The molecule has 3 heterocycles. The topological polar surface area (TPSA) is 63.4 Å². The first-order valence-electron chi connectivity index (χ1n) is 7.32. The minimum absolute atomic E-state index is 0.170. The summed E-state index contributed by atoms with van der Waals surface area (Å²) in [6.07, 6.45) is 5.08. The lowest BCUT2D eigenvalue weighted by atomic mass is 10.1. The largest absolute Gasteiger partial charge is 0.390 e. The summed E-state index contributed by atoms with van der Waals surface area (Å²) in [6.45, 7) is 3.46. The zero-order valence-electron chi connectivity index (χ0n) is 11.6. The van der Waals surface area contributed by atoms with Crippen molar-refractivity contribution in [2.45, 2.75) is 31.4 Å². The van der Waals surface area contributed by atoms with Crippen LogP contribution in [0.2, 0.25) is 0 Å². The van der Waals surface area contributed by atoms with Gasteiger partial charge in [0.1, 0.15) is 11.9 Å². The van der Waals surface area contributed by atoms with Crippen LogP contribution in [0.1, 0.15) is 24.8 Å². The van der Waals surface area contributed by atoms with E-state index in [-0.39, 0.29) is 12.1 Å². The fraction of sp³-hybridized carbons (Fsp3) is 0.600. The lowest BCUT2D eigenvalue weighted by molar-refractivity contribution is 0.0706. The van der Waals surface area contributed by atoms with E-state index < -0.39 is 0 Å². The fourth-order valence-corrected chi connectivity index (χ4v) is 3.29. The van der Waals surface area contributed by atoms with Crippen molar-refractivity contribution in [1.82, 2.24) is 9.88 Å². The number of β-amino-alcohol motifs (C(OH)–C–C–N with tert-alkyl or cyclic N) is 1. The Morgan fingerprint density at radius 2 is 2.05 bits per heavy atom. The monoisotopic (exact) mass is 272 g/mol. The summed E-state index contributed by atoms with van der Waals surface area (Å²) in [5.41, 5.74) is 0.582. The first-order chi connectivity index (χ1) is 9.79. The molecule has 0 bridgehead atoms. The lowest BCUT2D eigenvalue weighted by Gasteiger charge is -2.33. The van der Waals surface area contributed by atoms with Gasteiger partial charge in [0.15, 0.2) is 0 Å². The molecule has 1 N–H and O–H groups in total. The second-order valence-electron chi connectivity index (χ2n) is 5.62. The quantitative estimate of drug-likeness (QED) is 0.870.